The van der Waals surface area contributed by atoms with Crippen LogP contribution in [0.3, 0.4) is 0 Å². The highest BCUT2D eigenvalue weighted by atomic mass is 16.4. The summed E-state index contributed by atoms with van der Waals surface area (Å²) in [5.74, 6) is 0.740. The maximum atomic E-state index is 10.7. The lowest BCUT2D eigenvalue weighted by Crippen LogP contribution is -2.24. The van der Waals surface area contributed by atoms with Crippen molar-refractivity contribution in [3.05, 3.63) is 35.6 Å². The van der Waals surface area contributed by atoms with E-state index in [1.165, 1.54) is 18.4 Å². The second-order valence-electron chi connectivity index (χ2n) is 6.02. The Labute approximate surface area is 114 Å². The molecular formula is C17H22O2. The normalized spacial score (nSPS) is 19.9. The average molecular weight is 258 g/mol. The quantitative estimate of drug-likeness (QED) is 0.862. The molecule has 1 unspecified atom stereocenters. The van der Waals surface area contributed by atoms with E-state index in [0.717, 1.165) is 36.0 Å². The van der Waals surface area contributed by atoms with Crippen molar-refractivity contribution in [1.29, 1.82) is 0 Å². The summed E-state index contributed by atoms with van der Waals surface area (Å²) in [4.78, 5) is 0. The third-order valence-corrected chi connectivity index (χ3v) is 4.84. The minimum absolute atomic E-state index is 0.0307. The lowest BCUT2D eigenvalue weighted by atomic mass is 9.77. The molecule has 0 bridgehead atoms. The van der Waals surface area contributed by atoms with Crippen LogP contribution in [0.15, 0.2) is 28.7 Å². The van der Waals surface area contributed by atoms with Gasteiger partial charge in [0.15, 0.2) is 0 Å². The predicted octanol–water partition coefficient (Wildman–Crippen LogP) is 4.75. The van der Waals surface area contributed by atoms with Crippen molar-refractivity contribution in [2.75, 3.05) is 0 Å². The van der Waals surface area contributed by atoms with E-state index in [0.29, 0.717) is 0 Å². The molecule has 102 valence electrons. The highest BCUT2D eigenvalue weighted by Crippen LogP contribution is 2.50. The Kier molecular flexibility index (Phi) is 3.14. The Morgan fingerprint density at radius 2 is 2.00 bits per heavy atom. The molecule has 1 aromatic heterocycles. The summed E-state index contributed by atoms with van der Waals surface area (Å²) >= 11 is 0. The van der Waals surface area contributed by atoms with E-state index in [-0.39, 0.29) is 5.41 Å². The van der Waals surface area contributed by atoms with Crippen molar-refractivity contribution in [2.24, 2.45) is 5.41 Å². The minimum atomic E-state index is -0.465. The average Bonchev–Trinajstić information content (AvgIpc) is 3.04. The van der Waals surface area contributed by atoms with Gasteiger partial charge < -0.3 is 9.52 Å². The zero-order chi connectivity index (χ0) is 13.5. The van der Waals surface area contributed by atoms with Gasteiger partial charge in [-0.3, -0.25) is 0 Å². The zero-order valence-electron chi connectivity index (χ0n) is 11.8. The first-order valence-electron chi connectivity index (χ1n) is 7.33. The van der Waals surface area contributed by atoms with Crippen molar-refractivity contribution in [3.63, 3.8) is 0 Å². The molecule has 2 nitrogen and oxygen atoms in total. The monoisotopic (exact) mass is 258 g/mol. The molecular weight excluding hydrogens is 236 g/mol. The lowest BCUT2D eigenvalue weighted by molar-refractivity contribution is 0.00878. The van der Waals surface area contributed by atoms with Gasteiger partial charge in [0.25, 0.3) is 0 Å². The molecule has 1 aromatic carbocycles. The number of aryl methyl sites for hydroxylation is 1. The third kappa shape index (κ3) is 2.08. The SMILES string of the molecule is CCC1(C(O)c2cc3cc(C)ccc3o2)CCCC1. The van der Waals surface area contributed by atoms with Gasteiger partial charge in [-0.2, -0.15) is 0 Å². The van der Waals surface area contributed by atoms with E-state index < -0.39 is 6.10 Å². The molecule has 0 saturated heterocycles. The van der Waals surface area contributed by atoms with Crippen LogP contribution in [0, 0.1) is 12.3 Å². The summed E-state index contributed by atoms with van der Waals surface area (Å²) in [7, 11) is 0. The van der Waals surface area contributed by atoms with Gasteiger partial charge in [0, 0.05) is 10.8 Å². The van der Waals surface area contributed by atoms with Gasteiger partial charge in [0.1, 0.15) is 17.4 Å². The Bertz CT molecular complexity index is 576. The highest BCUT2D eigenvalue weighted by molar-refractivity contribution is 5.78. The number of benzene rings is 1. The maximum Gasteiger partial charge on any atom is 0.134 e. The number of furan rings is 1. The largest absolute Gasteiger partial charge is 0.458 e. The van der Waals surface area contributed by atoms with Crippen LogP contribution < -0.4 is 0 Å². The Morgan fingerprint density at radius 3 is 2.68 bits per heavy atom. The van der Waals surface area contributed by atoms with Crippen molar-refractivity contribution >= 4 is 11.0 Å². The number of fused-ring (bicyclic) bond motifs is 1. The third-order valence-electron chi connectivity index (χ3n) is 4.84. The summed E-state index contributed by atoms with van der Waals surface area (Å²) in [6.45, 7) is 4.26. The molecule has 3 rings (SSSR count). The molecule has 2 heteroatoms. The second-order valence-corrected chi connectivity index (χ2v) is 6.02. The van der Waals surface area contributed by atoms with Gasteiger partial charge in [-0.15, -0.1) is 0 Å². The number of aliphatic hydroxyl groups is 1. The van der Waals surface area contributed by atoms with E-state index in [4.69, 9.17) is 4.42 Å². The fourth-order valence-corrected chi connectivity index (χ4v) is 3.52. The van der Waals surface area contributed by atoms with E-state index in [9.17, 15) is 5.11 Å². The summed E-state index contributed by atoms with van der Waals surface area (Å²) in [5, 5.41) is 11.8. The van der Waals surface area contributed by atoms with Gasteiger partial charge in [0.05, 0.1) is 0 Å². The molecule has 0 spiro atoms. The van der Waals surface area contributed by atoms with Gasteiger partial charge >= 0.3 is 0 Å². The topological polar surface area (TPSA) is 33.4 Å². The number of hydrogen-bond donors (Lipinski definition) is 1. The fraction of sp³-hybridized carbons (Fsp3) is 0.529. The van der Waals surface area contributed by atoms with Crippen LogP contribution in [0.2, 0.25) is 0 Å². The molecule has 1 fully saturated rings. The summed E-state index contributed by atoms with van der Waals surface area (Å²) in [6, 6.07) is 8.17. The molecule has 1 saturated carbocycles. The van der Waals surface area contributed by atoms with Crippen LogP contribution in [0.1, 0.15) is 56.5 Å². The van der Waals surface area contributed by atoms with E-state index >= 15 is 0 Å². The molecule has 2 aromatic rings. The van der Waals surface area contributed by atoms with E-state index in [1.807, 2.05) is 18.2 Å². The molecule has 19 heavy (non-hydrogen) atoms. The van der Waals surface area contributed by atoms with E-state index in [1.54, 1.807) is 0 Å². The molecule has 0 aliphatic heterocycles. The smallest absolute Gasteiger partial charge is 0.134 e. The van der Waals surface area contributed by atoms with Crippen molar-refractivity contribution < 1.29 is 9.52 Å². The first-order chi connectivity index (χ1) is 9.14. The number of aliphatic hydroxyl groups excluding tert-OH is 1. The minimum Gasteiger partial charge on any atom is -0.458 e. The predicted molar refractivity (Wildman–Crippen MR) is 77.1 cm³/mol. The molecule has 1 N–H and O–H groups in total. The fourth-order valence-electron chi connectivity index (χ4n) is 3.52. The van der Waals surface area contributed by atoms with Gasteiger partial charge in [-0.05, 0) is 44.4 Å². The standard InChI is InChI=1S/C17H22O2/c1-3-17(8-4-5-9-17)16(18)15-11-13-10-12(2)6-7-14(13)19-15/h6-7,10-11,16,18H,3-5,8-9H2,1-2H3. The number of rotatable bonds is 3. The van der Waals surface area contributed by atoms with Gasteiger partial charge in [-0.25, -0.2) is 0 Å². The Morgan fingerprint density at radius 1 is 1.26 bits per heavy atom. The van der Waals surface area contributed by atoms with E-state index in [2.05, 4.69) is 19.9 Å². The first kappa shape index (κ1) is 12.7. The molecule has 1 heterocycles. The Hall–Kier alpha value is -1.28. The molecule has 0 radical (unpaired) electrons. The summed E-state index contributed by atoms with van der Waals surface area (Å²) in [5.41, 5.74) is 2.13. The molecule has 1 aliphatic carbocycles. The van der Waals surface area contributed by atoms with Crippen LogP contribution in [0.5, 0.6) is 0 Å². The van der Waals surface area contributed by atoms with Crippen molar-refractivity contribution in [2.45, 2.75) is 52.1 Å². The number of hydrogen-bond acceptors (Lipinski definition) is 2. The Balaban J connectivity index is 1.99. The lowest BCUT2D eigenvalue weighted by Gasteiger charge is -2.31. The van der Waals surface area contributed by atoms with Crippen LogP contribution >= 0.6 is 0 Å². The molecule has 1 aliphatic rings. The van der Waals surface area contributed by atoms with Crippen molar-refractivity contribution in [3.8, 4) is 0 Å². The first-order valence-corrected chi connectivity index (χ1v) is 7.33. The van der Waals surface area contributed by atoms with Crippen LogP contribution in [-0.2, 0) is 0 Å². The zero-order valence-corrected chi connectivity index (χ0v) is 11.8. The van der Waals surface area contributed by atoms with Crippen LogP contribution in [0.25, 0.3) is 11.0 Å². The molecule has 0 amide bonds. The summed E-state index contributed by atoms with van der Waals surface area (Å²) in [6.07, 6.45) is 5.23. The second kappa shape index (κ2) is 4.68. The van der Waals surface area contributed by atoms with Crippen LogP contribution in [-0.4, -0.2) is 5.11 Å². The maximum absolute atomic E-state index is 10.7. The van der Waals surface area contributed by atoms with Gasteiger partial charge in [0.2, 0.25) is 0 Å². The molecule has 1 atom stereocenters. The van der Waals surface area contributed by atoms with Crippen molar-refractivity contribution in [1.82, 2.24) is 0 Å². The van der Waals surface area contributed by atoms with Gasteiger partial charge in [-0.1, -0.05) is 31.4 Å². The highest BCUT2D eigenvalue weighted by Gasteiger charge is 2.41. The summed E-state index contributed by atoms with van der Waals surface area (Å²) < 4.78 is 5.87. The van der Waals surface area contributed by atoms with Crippen LogP contribution in [0.4, 0.5) is 0 Å².